The number of carbonyl (C=O) groups excluding carboxylic acids is 1. The molecule has 1 aromatic carbocycles. The molecule has 3 nitrogen and oxygen atoms in total. The van der Waals surface area contributed by atoms with E-state index < -0.39 is 0 Å². The van der Waals surface area contributed by atoms with Crippen molar-refractivity contribution in [2.45, 2.75) is 13.0 Å². The number of carbonyl (C=O) groups is 1. The Hall–Kier alpha value is -0.870. The van der Waals surface area contributed by atoms with Gasteiger partial charge in [-0.25, -0.2) is 0 Å². The molecule has 0 spiro atoms. The van der Waals surface area contributed by atoms with Crippen LogP contribution in [0.1, 0.15) is 12.0 Å². The summed E-state index contributed by atoms with van der Waals surface area (Å²) in [5.41, 5.74) is 1.26. The Labute approximate surface area is 110 Å². The molecule has 2 rings (SSSR count). The maximum Gasteiger partial charge on any atom is 0.310 e. The number of rotatable bonds is 3. The van der Waals surface area contributed by atoms with Gasteiger partial charge in [-0.2, -0.15) is 0 Å². The van der Waals surface area contributed by atoms with Crippen LogP contribution in [0.15, 0.2) is 28.7 Å². The molecule has 1 heterocycles. The van der Waals surface area contributed by atoms with E-state index in [-0.39, 0.29) is 11.9 Å². The lowest BCUT2D eigenvalue weighted by atomic mass is 10.1. The number of nitrogens with zero attached hydrogens (tertiary/aromatic N) is 1. The van der Waals surface area contributed by atoms with Gasteiger partial charge >= 0.3 is 5.97 Å². The van der Waals surface area contributed by atoms with Crippen molar-refractivity contribution in [3.63, 3.8) is 0 Å². The highest BCUT2D eigenvalue weighted by Gasteiger charge is 2.28. The molecule has 0 saturated carbocycles. The van der Waals surface area contributed by atoms with Crippen LogP contribution in [0, 0.1) is 5.92 Å². The molecule has 1 aromatic rings. The number of halogens is 1. The number of esters is 1. The number of hydrogen-bond donors (Lipinski definition) is 0. The second kappa shape index (κ2) is 5.65. The van der Waals surface area contributed by atoms with Crippen LogP contribution >= 0.6 is 15.9 Å². The van der Waals surface area contributed by atoms with E-state index in [4.69, 9.17) is 4.74 Å². The number of methoxy groups -OCH3 is 1. The van der Waals surface area contributed by atoms with E-state index in [9.17, 15) is 4.79 Å². The predicted octanol–water partition coefficient (Wildman–Crippen LogP) is 2.44. The highest BCUT2D eigenvalue weighted by molar-refractivity contribution is 9.10. The van der Waals surface area contributed by atoms with Crippen molar-refractivity contribution in [1.29, 1.82) is 0 Å². The number of benzene rings is 1. The molecule has 1 unspecified atom stereocenters. The zero-order chi connectivity index (χ0) is 12.3. The van der Waals surface area contributed by atoms with Gasteiger partial charge in [-0.05, 0) is 24.6 Å². The van der Waals surface area contributed by atoms with Crippen LogP contribution in [-0.4, -0.2) is 31.1 Å². The largest absolute Gasteiger partial charge is 0.469 e. The zero-order valence-electron chi connectivity index (χ0n) is 9.86. The minimum absolute atomic E-state index is 0.0440. The van der Waals surface area contributed by atoms with Gasteiger partial charge in [0.1, 0.15) is 0 Å². The summed E-state index contributed by atoms with van der Waals surface area (Å²) in [5.74, 6) is -0.0397. The van der Waals surface area contributed by atoms with Gasteiger partial charge in [0.2, 0.25) is 0 Å². The molecule has 0 amide bonds. The summed E-state index contributed by atoms with van der Waals surface area (Å²) in [7, 11) is 1.46. The van der Waals surface area contributed by atoms with Gasteiger partial charge in [-0.15, -0.1) is 0 Å². The van der Waals surface area contributed by atoms with Crippen LogP contribution in [0.5, 0.6) is 0 Å². The first kappa shape index (κ1) is 12.6. The standard InChI is InChI=1S/C13H16BrNO2/c1-17-13(16)11-6-7-15(9-11)8-10-4-2-3-5-12(10)14/h2-5,11H,6-9H2,1H3. The number of likely N-dealkylation sites (tertiary alicyclic amines) is 1. The van der Waals surface area contributed by atoms with E-state index >= 15 is 0 Å². The number of ether oxygens (including phenoxy) is 1. The normalized spacial score (nSPS) is 20.5. The maximum absolute atomic E-state index is 11.4. The first-order valence-corrected chi connectivity index (χ1v) is 6.53. The van der Waals surface area contributed by atoms with Crippen molar-refractivity contribution in [3.8, 4) is 0 Å². The summed E-state index contributed by atoms with van der Waals surface area (Å²) in [6.45, 7) is 2.64. The van der Waals surface area contributed by atoms with E-state index in [1.54, 1.807) is 0 Å². The van der Waals surface area contributed by atoms with Crippen molar-refractivity contribution < 1.29 is 9.53 Å². The molecule has 17 heavy (non-hydrogen) atoms. The molecule has 0 aliphatic carbocycles. The van der Waals surface area contributed by atoms with E-state index in [1.807, 2.05) is 18.2 Å². The SMILES string of the molecule is COC(=O)C1CCN(Cc2ccccc2Br)C1. The summed E-state index contributed by atoms with van der Waals surface area (Å²) in [6.07, 6.45) is 0.900. The van der Waals surface area contributed by atoms with E-state index in [0.717, 1.165) is 30.5 Å². The fourth-order valence-electron chi connectivity index (χ4n) is 2.20. The Morgan fingerprint density at radius 2 is 2.29 bits per heavy atom. The van der Waals surface area contributed by atoms with E-state index in [2.05, 4.69) is 26.9 Å². The average molecular weight is 298 g/mol. The first-order chi connectivity index (χ1) is 8.20. The van der Waals surface area contributed by atoms with Crippen LogP contribution in [-0.2, 0) is 16.1 Å². The molecule has 1 aliphatic rings. The van der Waals surface area contributed by atoms with E-state index in [0.29, 0.717) is 0 Å². The molecule has 1 aliphatic heterocycles. The van der Waals surface area contributed by atoms with Crippen LogP contribution in [0.25, 0.3) is 0 Å². The lowest BCUT2D eigenvalue weighted by Crippen LogP contribution is -2.23. The zero-order valence-corrected chi connectivity index (χ0v) is 11.4. The monoisotopic (exact) mass is 297 g/mol. The smallest absolute Gasteiger partial charge is 0.310 e. The topological polar surface area (TPSA) is 29.5 Å². The van der Waals surface area contributed by atoms with Crippen LogP contribution in [0.4, 0.5) is 0 Å². The van der Waals surface area contributed by atoms with Crippen molar-refractivity contribution in [3.05, 3.63) is 34.3 Å². The number of hydrogen-bond acceptors (Lipinski definition) is 3. The van der Waals surface area contributed by atoms with Crippen molar-refractivity contribution in [2.75, 3.05) is 20.2 Å². The fraction of sp³-hybridized carbons (Fsp3) is 0.462. The van der Waals surface area contributed by atoms with Gasteiger partial charge in [0.25, 0.3) is 0 Å². The molecule has 0 bridgehead atoms. The third-order valence-corrected chi connectivity index (χ3v) is 3.93. The fourth-order valence-corrected chi connectivity index (χ4v) is 2.61. The molecule has 1 saturated heterocycles. The van der Waals surface area contributed by atoms with Crippen LogP contribution in [0.2, 0.25) is 0 Å². The highest BCUT2D eigenvalue weighted by Crippen LogP contribution is 2.23. The molecular formula is C13H16BrNO2. The second-order valence-corrected chi connectivity index (χ2v) is 5.19. The third-order valence-electron chi connectivity index (χ3n) is 3.16. The van der Waals surface area contributed by atoms with Gasteiger partial charge in [0.15, 0.2) is 0 Å². The maximum atomic E-state index is 11.4. The lowest BCUT2D eigenvalue weighted by molar-refractivity contribution is -0.144. The van der Waals surface area contributed by atoms with Crippen molar-refractivity contribution in [2.24, 2.45) is 5.92 Å². The quantitative estimate of drug-likeness (QED) is 0.803. The van der Waals surface area contributed by atoms with Gasteiger partial charge in [-0.1, -0.05) is 34.1 Å². The molecular weight excluding hydrogens is 282 g/mol. The minimum atomic E-state index is -0.0837. The van der Waals surface area contributed by atoms with Crippen molar-refractivity contribution >= 4 is 21.9 Å². The first-order valence-electron chi connectivity index (χ1n) is 5.74. The second-order valence-electron chi connectivity index (χ2n) is 4.34. The Kier molecular flexibility index (Phi) is 4.18. The molecule has 1 atom stereocenters. The predicted molar refractivity (Wildman–Crippen MR) is 69.5 cm³/mol. The summed E-state index contributed by atoms with van der Waals surface area (Å²) in [4.78, 5) is 13.7. The van der Waals surface area contributed by atoms with Gasteiger partial charge in [0.05, 0.1) is 13.0 Å². The summed E-state index contributed by atoms with van der Waals surface area (Å²) in [5, 5.41) is 0. The van der Waals surface area contributed by atoms with Crippen LogP contribution < -0.4 is 0 Å². The Bertz CT molecular complexity index is 408. The molecule has 0 N–H and O–H groups in total. The van der Waals surface area contributed by atoms with Gasteiger partial charge < -0.3 is 4.74 Å². The molecule has 4 heteroatoms. The van der Waals surface area contributed by atoms with E-state index in [1.165, 1.54) is 12.7 Å². The summed E-state index contributed by atoms with van der Waals surface area (Å²) in [6, 6.07) is 8.20. The summed E-state index contributed by atoms with van der Waals surface area (Å²) < 4.78 is 5.91. The third kappa shape index (κ3) is 3.07. The average Bonchev–Trinajstić information content (AvgIpc) is 2.80. The van der Waals surface area contributed by atoms with Crippen molar-refractivity contribution in [1.82, 2.24) is 4.90 Å². The minimum Gasteiger partial charge on any atom is -0.469 e. The highest BCUT2D eigenvalue weighted by atomic mass is 79.9. The van der Waals surface area contributed by atoms with Gasteiger partial charge in [0, 0.05) is 17.6 Å². The summed E-state index contributed by atoms with van der Waals surface area (Å²) >= 11 is 3.54. The molecule has 92 valence electrons. The molecule has 0 aromatic heterocycles. The van der Waals surface area contributed by atoms with Gasteiger partial charge in [-0.3, -0.25) is 9.69 Å². The Morgan fingerprint density at radius 1 is 1.53 bits per heavy atom. The lowest BCUT2D eigenvalue weighted by Gasteiger charge is -2.16. The molecule has 1 fully saturated rings. The molecule has 0 radical (unpaired) electrons. The Balaban J connectivity index is 1.94. The Morgan fingerprint density at radius 3 is 3.00 bits per heavy atom. The van der Waals surface area contributed by atoms with Crippen LogP contribution in [0.3, 0.4) is 0 Å².